The van der Waals surface area contributed by atoms with Crippen molar-refractivity contribution in [1.29, 1.82) is 0 Å². The smallest absolute Gasteiger partial charge is 0.142 e. The third-order valence-corrected chi connectivity index (χ3v) is 4.54. The first-order valence-corrected chi connectivity index (χ1v) is 4.62. The highest BCUT2D eigenvalue weighted by molar-refractivity contribution is 5.90. The number of fused-ring (bicyclic) bond motifs is 2. The molecule has 2 aliphatic rings. The Bertz CT molecular complexity index is 244. The Kier molecular flexibility index (Phi) is 1.32. The zero-order chi connectivity index (χ0) is 9.15. The molecule has 2 aliphatic carbocycles. The standard InChI is InChI=1S/C10H16O2/c1-9(2)6-4-7(11)10(9,3)8(12)5-6/h6-7,11H,4-5H2,1-3H3/t6?,7?,10-/m0/s1. The summed E-state index contributed by atoms with van der Waals surface area (Å²) < 4.78 is 0. The molecule has 2 heteroatoms. The van der Waals surface area contributed by atoms with Crippen molar-refractivity contribution in [3.63, 3.8) is 0 Å². The lowest BCUT2D eigenvalue weighted by Gasteiger charge is -2.34. The van der Waals surface area contributed by atoms with E-state index >= 15 is 0 Å². The highest BCUT2D eigenvalue weighted by Crippen LogP contribution is 2.63. The van der Waals surface area contributed by atoms with E-state index in [4.69, 9.17) is 0 Å². The van der Waals surface area contributed by atoms with E-state index in [1.54, 1.807) is 0 Å². The van der Waals surface area contributed by atoms with Gasteiger partial charge in [-0.05, 0) is 24.7 Å². The van der Waals surface area contributed by atoms with E-state index in [0.717, 1.165) is 6.42 Å². The van der Waals surface area contributed by atoms with Crippen molar-refractivity contribution in [2.75, 3.05) is 0 Å². The van der Waals surface area contributed by atoms with Crippen molar-refractivity contribution in [2.45, 2.75) is 39.7 Å². The molecule has 0 heterocycles. The number of aliphatic hydroxyl groups excluding tert-OH is 1. The van der Waals surface area contributed by atoms with Crippen LogP contribution in [0.1, 0.15) is 33.6 Å². The van der Waals surface area contributed by atoms with Crippen LogP contribution in [0.25, 0.3) is 0 Å². The summed E-state index contributed by atoms with van der Waals surface area (Å²) in [6.07, 6.45) is 1.09. The molecule has 0 aromatic carbocycles. The Labute approximate surface area is 73.0 Å². The van der Waals surface area contributed by atoms with Gasteiger partial charge in [0.25, 0.3) is 0 Å². The van der Waals surface area contributed by atoms with Crippen LogP contribution in [0.5, 0.6) is 0 Å². The zero-order valence-corrected chi connectivity index (χ0v) is 7.92. The lowest BCUT2D eigenvalue weighted by atomic mass is 9.69. The monoisotopic (exact) mass is 168 g/mol. The van der Waals surface area contributed by atoms with Crippen LogP contribution in [0.4, 0.5) is 0 Å². The predicted molar refractivity (Wildman–Crippen MR) is 45.6 cm³/mol. The molecule has 0 amide bonds. The van der Waals surface area contributed by atoms with Crippen LogP contribution in [-0.2, 0) is 4.79 Å². The fourth-order valence-electron chi connectivity index (χ4n) is 2.97. The highest BCUT2D eigenvalue weighted by atomic mass is 16.3. The molecule has 68 valence electrons. The van der Waals surface area contributed by atoms with E-state index < -0.39 is 11.5 Å². The number of carbonyl (C=O) groups excluding carboxylic acids is 1. The normalized spacial score (nSPS) is 50.2. The first-order valence-electron chi connectivity index (χ1n) is 4.62. The van der Waals surface area contributed by atoms with Gasteiger partial charge in [-0.1, -0.05) is 13.8 Å². The van der Waals surface area contributed by atoms with Crippen LogP contribution >= 0.6 is 0 Å². The molecule has 3 atom stereocenters. The van der Waals surface area contributed by atoms with E-state index in [-0.39, 0.29) is 11.2 Å². The Morgan fingerprint density at radius 3 is 2.25 bits per heavy atom. The average molecular weight is 168 g/mol. The predicted octanol–water partition coefficient (Wildman–Crippen LogP) is 1.37. The summed E-state index contributed by atoms with van der Waals surface area (Å²) >= 11 is 0. The molecule has 12 heavy (non-hydrogen) atoms. The maximum atomic E-state index is 11.6. The second-order valence-electron chi connectivity index (χ2n) is 5.00. The molecule has 0 aliphatic heterocycles. The molecule has 2 nitrogen and oxygen atoms in total. The van der Waals surface area contributed by atoms with Crippen LogP contribution in [0.2, 0.25) is 0 Å². The number of aliphatic hydroxyl groups is 1. The third-order valence-electron chi connectivity index (χ3n) is 4.54. The minimum atomic E-state index is -0.461. The molecule has 0 spiro atoms. The van der Waals surface area contributed by atoms with Gasteiger partial charge in [0.1, 0.15) is 5.78 Å². The lowest BCUT2D eigenvalue weighted by molar-refractivity contribution is -0.135. The molecule has 0 aromatic rings. The van der Waals surface area contributed by atoms with E-state index in [1.165, 1.54) is 0 Å². The van der Waals surface area contributed by atoms with Crippen molar-refractivity contribution < 1.29 is 9.90 Å². The molecule has 0 radical (unpaired) electrons. The number of Topliss-reactive ketones (excluding diaryl/α,β-unsaturated/α-hetero) is 1. The second kappa shape index (κ2) is 1.92. The van der Waals surface area contributed by atoms with Gasteiger partial charge in [-0.15, -0.1) is 0 Å². The Morgan fingerprint density at radius 2 is 2.00 bits per heavy atom. The van der Waals surface area contributed by atoms with E-state index in [9.17, 15) is 9.90 Å². The molecule has 2 fully saturated rings. The molecular weight excluding hydrogens is 152 g/mol. The van der Waals surface area contributed by atoms with Gasteiger partial charge < -0.3 is 5.11 Å². The van der Waals surface area contributed by atoms with Crippen molar-refractivity contribution in [3.05, 3.63) is 0 Å². The highest BCUT2D eigenvalue weighted by Gasteiger charge is 2.66. The van der Waals surface area contributed by atoms with Gasteiger partial charge in [0.05, 0.1) is 11.5 Å². The molecule has 2 bridgehead atoms. The van der Waals surface area contributed by atoms with Gasteiger partial charge in [-0.25, -0.2) is 0 Å². The summed E-state index contributed by atoms with van der Waals surface area (Å²) in [5.74, 6) is 0.668. The van der Waals surface area contributed by atoms with E-state index in [2.05, 4.69) is 13.8 Å². The minimum absolute atomic E-state index is 0.00347. The Balaban J connectivity index is 2.51. The largest absolute Gasteiger partial charge is 0.392 e. The summed E-state index contributed by atoms with van der Waals surface area (Å²) in [6.45, 7) is 6.14. The van der Waals surface area contributed by atoms with Crippen LogP contribution in [0.15, 0.2) is 0 Å². The number of ketones is 1. The number of hydrogen-bond donors (Lipinski definition) is 1. The fraction of sp³-hybridized carbons (Fsp3) is 0.900. The van der Waals surface area contributed by atoms with Crippen LogP contribution in [0.3, 0.4) is 0 Å². The lowest BCUT2D eigenvalue weighted by Crippen LogP contribution is -2.41. The topological polar surface area (TPSA) is 37.3 Å². The zero-order valence-electron chi connectivity index (χ0n) is 7.92. The summed E-state index contributed by atoms with van der Waals surface area (Å²) in [4.78, 5) is 11.6. The van der Waals surface area contributed by atoms with E-state index in [1.807, 2.05) is 6.92 Å². The maximum Gasteiger partial charge on any atom is 0.142 e. The van der Waals surface area contributed by atoms with Gasteiger partial charge in [0.2, 0.25) is 0 Å². The van der Waals surface area contributed by atoms with Gasteiger partial charge in [0, 0.05) is 6.42 Å². The molecule has 0 saturated heterocycles. The Hall–Kier alpha value is -0.370. The number of hydrogen-bond acceptors (Lipinski definition) is 2. The van der Waals surface area contributed by atoms with Crippen LogP contribution in [-0.4, -0.2) is 17.0 Å². The number of carbonyl (C=O) groups is 1. The van der Waals surface area contributed by atoms with Gasteiger partial charge in [-0.3, -0.25) is 4.79 Å². The maximum absolute atomic E-state index is 11.6. The first kappa shape index (κ1) is 8.24. The second-order valence-corrected chi connectivity index (χ2v) is 5.00. The van der Waals surface area contributed by atoms with Crippen LogP contribution in [0, 0.1) is 16.7 Å². The summed E-state index contributed by atoms with van der Waals surface area (Å²) in [5, 5.41) is 9.76. The van der Waals surface area contributed by atoms with Crippen molar-refractivity contribution in [3.8, 4) is 0 Å². The SMILES string of the molecule is CC1(C)C2CC(=O)[C@]1(C)C(O)C2. The summed E-state index contributed by atoms with van der Waals surface area (Å²) in [7, 11) is 0. The number of rotatable bonds is 0. The van der Waals surface area contributed by atoms with Gasteiger partial charge in [0.15, 0.2) is 0 Å². The first-order chi connectivity index (χ1) is 5.40. The van der Waals surface area contributed by atoms with Gasteiger partial charge in [-0.2, -0.15) is 0 Å². The van der Waals surface area contributed by atoms with Crippen LogP contribution < -0.4 is 0 Å². The molecule has 0 aromatic heterocycles. The fourth-order valence-corrected chi connectivity index (χ4v) is 2.97. The third kappa shape index (κ3) is 0.598. The minimum Gasteiger partial charge on any atom is -0.392 e. The van der Waals surface area contributed by atoms with E-state index in [0.29, 0.717) is 12.3 Å². The average Bonchev–Trinajstić information content (AvgIpc) is 2.20. The summed E-state index contributed by atoms with van der Waals surface area (Å²) in [6, 6.07) is 0. The van der Waals surface area contributed by atoms with Gasteiger partial charge >= 0.3 is 0 Å². The molecular formula is C10H16O2. The van der Waals surface area contributed by atoms with Crippen molar-refractivity contribution >= 4 is 5.78 Å². The molecule has 2 unspecified atom stereocenters. The molecule has 2 rings (SSSR count). The van der Waals surface area contributed by atoms with Crippen molar-refractivity contribution in [2.24, 2.45) is 16.7 Å². The summed E-state index contributed by atoms with van der Waals surface area (Å²) in [5.41, 5.74) is -0.457. The molecule has 1 N–H and O–H groups in total. The van der Waals surface area contributed by atoms with Crippen molar-refractivity contribution in [1.82, 2.24) is 0 Å². The quantitative estimate of drug-likeness (QED) is 0.593. The molecule has 2 saturated carbocycles. The Morgan fingerprint density at radius 1 is 1.42 bits per heavy atom.